The molecule has 0 radical (unpaired) electrons. The van der Waals surface area contributed by atoms with Crippen LogP contribution < -0.4 is 10.6 Å². The standard InChI is InChI=1S/C30H39N5O13/c1-30(2,17-34(14-25(41)42)15-26(43)44)16-33(13-24(39)40)12-20(32-27(28(45)46)29(47)48)11-18-3-5-19(6-4-18)31-21(36)9-10-35-22(37)7-8-23(35)38/h3-8,20,27,32H,9-17H2,1-2H3,(H,31,36)(H,39,40)(H,41,42)(H,43,44)(H,45,46)(H,47,48). The van der Waals surface area contributed by atoms with Gasteiger partial charge in [0.15, 0.2) is 0 Å². The first-order valence-electron chi connectivity index (χ1n) is 14.6. The van der Waals surface area contributed by atoms with Crippen LogP contribution >= 0.6 is 0 Å². The lowest BCUT2D eigenvalue weighted by Gasteiger charge is -2.37. The minimum absolute atomic E-state index is 0.0121. The number of carbonyl (C=O) groups is 8. The van der Waals surface area contributed by atoms with Gasteiger partial charge in [0.2, 0.25) is 11.9 Å². The molecule has 0 aromatic heterocycles. The van der Waals surface area contributed by atoms with Gasteiger partial charge in [-0.1, -0.05) is 26.0 Å². The fourth-order valence-corrected chi connectivity index (χ4v) is 5.26. The predicted octanol–water partition coefficient (Wildman–Crippen LogP) is -1.14. The molecule has 0 fully saturated rings. The molecule has 7 N–H and O–H groups in total. The topological polar surface area (TPSA) is 271 Å². The van der Waals surface area contributed by atoms with Gasteiger partial charge in [-0.15, -0.1) is 0 Å². The zero-order chi connectivity index (χ0) is 36.2. The second kappa shape index (κ2) is 17.6. The van der Waals surface area contributed by atoms with E-state index in [0.717, 1.165) is 17.1 Å². The summed E-state index contributed by atoms with van der Waals surface area (Å²) in [5, 5.41) is 52.2. The molecule has 1 heterocycles. The van der Waals surface area contributed by atoms with Crippen LogP contribution in [0, 0.1) is 5.41 Å². The first kappa shape index (κ1) is 39.0. The SMILES string of the molecule is CC(C)(CN(CC(=O)O)CC(=O)O)CN(CC(=O)O)CC(Cc1ccc(NC(=O)CCN2C(=O)C=CC2=O)cc1)NC(C(=O)O)C(=O)O. The van der Waals surface area contributed by atoms with E-state index in [1.165, 1.54) is 21.9 Å². The molecule has 0 aliphatic carbocycles. The van der Waals surface area contributed by atoms with Crippen molar-refractivity contribution in [3.05, 3.63) is 42.0 Å². The molecule has 1 atom stereocenters. The summed E-state index contributed by atoms with van der Waals surface area (Å²) < 4.78 is 0. The lowest BCUT2D eigenvalue weighted by atomic mass is 9.91. The number of nitrogens with zero attached hydrogens (tertiary/aromatic N) is 3. The average molecular weight is 678 g/mol. The third-order valence-corrected chi connectivity index (χ3v) is 6.94. The zero-order valence-electron chi connectivity index (χ0n) is 26.3. The van der Waals surface area contributed by atoms with E-state index in [4.69, 9.17) is 0 Å². The summed E-state index contributed by atoms with van der Waals surface area (Å²) in [5.74, 6) is -8.63. The maximum Gasteiger partial charge on any atom is 0.332 e. The summed E-state index contributed by atoms with van der Waals surface area (Å²) in [4.78, 5) is 97.0. The fraction of sp³-hybridized carbons (Fsp3) is 0.467. The van der Waals surface area contributed by atoms with Crippen LogP contribution in [0.25, 0.3) is 0 Å². The smallest absolute Gasteiger partial charge is 0.332 e. The van der Waals surface area contributed by atoms with Crippen molar-refractivity contribution < 1.29 is 63.9 Å². The molecular weight excluding hydrogens is 638 g/mol. The Kier molecular flexibility index (Phi) is 14.3. The number of carboxylic acid groups (broad SMARTS) is 5. The Morgan fingerprint density at radius 2 is 1.25 bits per heavy atom. The fourth-order valence-electron chi connectivity index (χ4n) is 5.26. The van der Waals surface area contributed by atoms with Gasteiger partial charge < -0.3 is 30.8 Å². The zero-order valence-corrected chi connectivity index (χ0v) is 26.3. The molecule has 0 spiro atoms. The van der Waals surface area contributed by atoms with Crippen molar-refractivity contribution in [3.63, 3.8) is 0 Å². The highest BCUT2D eigenvalue weighted by molar-refractivity contribution is 6.13. The molecule has 1 aliphatic heterocycles. The number of carboxylic acids is 5. The maximum atomic E-state index is 12.4. The van der Waals surface area contributed by atoms with Gasteiger partial charge in [-0.05, 0) is 29.5 Å². The molecule has 0 saturated heterocycles. The molecule has 48 heavy (non-hydrogen) atoms. The number of carbonyl (C=O) groups excluding carboxylic acids is 3. The third kappa shape index (κ3) is 13.7. The van der Waals surface area contributed by atoms with Gasteiger partial charge in [0.25, 0.3) is 11.8 Å². The highest BCUT2D eigenvalue weighted by Crippen LogP contribution is 2.21. The molecule has 18 heteroatoms. The molecule has 1 aliphatic rings. The second-order valence-electron chi connectivity index (χ2n) is 12.0. The third-order valence-electron chi connectivity index (χ3n) is 6.94. The van der Waals surface area contributed by atoms with E-state index in [-0.39, 0.29) is 39.0 Å². The molecule has 262 valence electrons. The number of amides is 3. The number of aliphatic carboxylic acids is 5. The van der Waals surface area contributed by atoms with Gasteiger partial charge in [-0.25, -0.2) is 9.59 Å². The molecule has 18 nitrogen and oxygen atoms in total. The number of rotatable bonds is 22. The summed E-state index contributed by atoms with van der Waals surface area (Å²) in [5.41, 5.74) is 0.0410. The van der Waals surface area contributed by atoms with Gasteiger partial charge in [0, 0.05) is 56.5 Å². The van der Waals surface area contributed by atoms with Crippen LogP contribution in [0.3, 0.4) is 0 Å². The van der Waals surface area contributed by atoms with Gasteiger partial charge in [-0.2, -0.15) is 0 Å². The highest BCUT2D eigenvalue weighted by atomic mass is 16.4. The normalized spacial score (nSPS) is 13.7. The Labute approximate surface area is 274 Å². The highest BCUT2D eigenvalue weighted by Gasteiger charge is 2.32. The van der Waals surface area contributed by atoms with E-state index in [2.05, 4.69) is 10.6 Å². The lowest BCUT2D eigenvalue weighted by Crippen LogP contribution is -2.55. The molecule has 0 saturated carbocycles. The molecule has 1 aromatic carbocycles. The minimum atomic E-state index is -2.04. The number of nitrogens with one attached hydrogen (secondary N) is 2. The number of anilines is 1. The van der Waals surface area contributed by atoms with E-state index < -0.39 is 84.7 Å². The summed E-state index contributed by atoms with van der Waals surface area (Å²) in [6.45, 7) is 1.26. The van der Waals surface area contributed by atoms with Crippen molar-refractivity contribution in [1.29, 1.82) is 0 Å². The lowest BCUT2D eigenvalue weighted by molar-refractivity contribution is -0.152. The summed E-state index contributed by atoms with van der Waals surface area (Å²) in [6.07, 6.45) is 2.07. The quantitative estimate of drug-likeness (QED) is 0.0564. The Hall–Kier alpha value is -5.20. The van der Waals surface area contributed by atoms with Crippen molar-refractivity contribution in [2.75, 3.05) is 51.1 Å². The van der Waals surface area contributed by atoms with Gasteiger partial charge in [0.1, 0.15) is 0 Å². The first-order chi connectivity index (χ1) is 22.3. The Bertz CT molecular complexity index is 1380. The van der Waals surface area contributed by atoms with Crippen LogP contribution in [0.2, 0.25) is 0 Å². The molecular formula is C30H39N5O13. The van der Waals surface area contributed by atoms with Crippen molar-refractivity contribution in [1.82, 2.24) is 20.0 Å². The Morgan fingerprint density at radius 1 is 0.771 bits per heavy atom. The van der Waals surface area contributed by atoms with Crippen LogP contribution in [0.1, 0.15) is 25.8 Å². The van der Waals surface area contributed by atoms with E-state index >= 15 is 0 Å². The van der Waals surface area contributed by atoms with Crippen LogP contribution in [0.15, 0.2) is 36.4 Å². The second-order valence-corrected chi connectivity index (χ2v) is 12.0. The monoisotopic (exact) mass is 677 g/mol. The number of benzene rings is 1. The van der Waals surface area contributed by atoms with Crippen LogP contribution in [0.5, 0.6) is 0 Å². The van der Waals surface area contributed by atoms with E-state index in [1.807, 2.05) is 0 Å². The number of hydrogen-bond acceptors (Lipinski definition) is 11. The molecule has 1 aromatic rings. The van der Waals surface area contributed by atoms with Crippen LogP contribution in [-0.2, 0) is 44.8 Å². The van der Waals surface area contributed by atoms with Gasteiger partial charge in [-0.3, -0.25) is 48.8 Å². The summed E-state index contributed by atoms with van der Waals surface area (Å²) in [6, 6.07) is 3.23. The van der Waals surface area contributed by atoms with Gasteiger partial charge in [0.05, 0.1) is 19.6 Å². The van der Waals surface area contributed by atoms with Crippen molar-refractivity contribution in [2.24, 2.45) is 5.41 Å². The first-order valence-corrected chi connectivity index (χ1v) is 14.6. The Balaban J connectivity index is 2.21. The Morgan fingerprint density at radius 3 is 1.73 bits per heavy atom. The maximum absolute atomic E-state index is 12.4. The van der Waals surface area contributed by atoms with Crippen molar-refractivity contribution in [2.45, 2.75) is 38.8 Å². The van der Waals surface area contributed by atoms with Crippen molar-refractivity contribution >= 4 is 53.3 Å². The van der Waals surface area contributed by atoms with Crippen LogP contribution in [-0.4, -0.2) is 146 Å². The van der Waals surface area contributed by atoms with E-state index in [9.17, 15) is 63.9 Å². The van der Waals surface area contributed by atoms with E-state index in [0.29, 0.717) is 11.3 Å². The largest absolute Gasteiger partial charge is 0.480 e. The molecule has 3 amide bonds. The summed E-state index contributed by atoms with van der Waals surface area (Å²) >= 11 is 0. The minimum Gasteiger partial charge on any atom is -0.480 e. The summed E-state index contributed by atoms with van der Waals surface area (Å²) in [7, 11) is 0. The molecule has 2 rings (SSSR count). The number of imide groups is 1. The average Bonchev–Trinajstić information content (AvgIpc) is 3.25. The van der Waals surface area contributed by atoms with Gasteiger partial charge >= 0.3 is 29.8 Å². The van der Waals surface area contributed by atoms with E-state index in [1.54, 1.807) is 26.0 Å². The van der Waals surface area contributed by atoms with Crippen LogP contribution in [0.4, 0.5) is 5.69 Å². The predicted molar refractivity (Wildman–Crippen MR) is 165 cm³/mol. The molecule has 1 unspecified atom stereocenters. The van der Waals surface area contributed by atoms with Crippen molar-refractivity contribution in [3.8, 4) is 0 Å². The number of hydrogen-bond donors (Lipinski definition) is 7. The molecule has 0 bridgehead atoms.